The Morgan fingerprint density at radius 2 is 1.75 bits per heavy atom. The molecule has 4 aromatic heterocycles. The van der Waals surface area contributed by atoms with Crippen molar-refractivity contribution < 1.29 is 0 Å². The smallest absolute Gasteiger partial charge is 0.115 e. The number of fused-ring (bicyclic) bond motifs is 2. The lowest BCUT2D eigenvalue weighted by Crippen LogP contribution is -2.09. The van der Waals surface area contributed by atoms with Gasteiger partial charge in [-0.05, 0) is 48.2 Å². The molecule has 6 rings (SSSR count). The second kappa shape index (κ2) is 7.81. The summed E-state index contributed by atoms with van der Waals surface area (Å²) in [6.45, 7) is 0.778. The van der Waals surface area contributed by atoms with Gasteiger partial charge in [0.05, 0.1) is 17.1 Å². The molecule has 1 N–H and O–H groups in total. The predicted octanol–water partition coefficient (Wildman–Crippen LogP) is 4.87. The molecule has 0 atom stereocenters. The molecule has 0 spiro atoms. The molecule has 0 fully saturated rings. The van der Waals surface area contributed by atoms with E-state index in [9.17, 15) is 0 Å². The molecule has 0 saturated carbocycles. The Balaban J connectivity index is 1.50. The molecular weight excluding hydrogens is 396 g/mol. The molecule has 1 aliphatic heterocycles. The molecule has 0 amide bonds. The van der Waals surface area contributed by atoms with Crippen molar-refractivity contribution in [2.24, 2.45) is 4.99 Å². The number of aromatic nitrogens is 5. The maximum absolute atomic E-state index is 5.01. The van der Waals surface area contributed by atoms with Gasteiger partial charge in [0.1, 0.15) is 12.0 Å². The van der Waals surface area contributed by atoms with E-state index in [1.54, 1.807) is 18.6 Å². The van der Waals surface area contributed by atoms with Gasteiger partial charge >= 0.3 is 0 Å². The van der Waals surface area contributed by atoms with Crippen LogP contribution in [0.3, 0.4) is 0 Å². The molecule has 32 heavy (non-hydrogen) atoms. The third kappa shape index (κ3) is 3.26. The zero-order chi connectivity index (χ0) is 21.3. The second-order valence-corrected chi connectivity index (χ2v) is 7.86. The third-order valence-electron chi connectivity index (χ3n) is 5.83. The molecule has 5 aromatic rings. The Morgan fingerprint density at radius 3 is 2.62 bits per heavy atom. The maximum Gasteiger partial charge on any atom is 0.115 e. The first-order chi connectivity index (χ1) is 15.9. The van der Waals surface area contributed by atoms with Crippen LogP contribution < -0.4 is 0 Å². The van der Waals surface area contributed by atoms with Gasteiger partial charge in [0.25, 0.3) is 0 Å². The van der Waals surface area contributed by atoms with Gasteiger partial charge in [0.15, 0.2) is 0 Å². The number of nitrogens with zero attached hydrogens (tertiary/aromatic N) is 5. The lowest BCUT2D eigenvalue weighted by molar-refractivity contribution is 0.843. The van der Waals surface area contributed by atoms with Crippen LogP contribution >= 0.6 is 0 Å². The minimum atomic E-state index is 0.778. The number of hydrogen-bond donors (Lipinski definition) is 1. The maximum atomic E-state index is 5.01. The van der Waals surface area contributed by atoms with Gasteiger partial charge < -0.3 is 4.98 Å². The summed E-state index contributed by atoms with van der Waals surface area (Å²) < 4.78 is 0. The van der Waals surface area contributed by atoms with Gasteiger partial charge in [-0.25, -0.2) is 15.0 Å². The van der Waals surface area contributed by atoms with Crippen molar-refractivity contribution in [1.82, 2.24) is 24.9 Å². The SMILES string of the molecule is c1cncc(-c2cccc3[nH]c(C4=NCCCc5ccc(-c6cncnc6)nc54)cc23)c1. The zero-order valence-corrected chi connectivity index (χ0v) is 17.4. The lowest BCUT2D eigenvalue weighted by atomic mass is 10.0. The predicted molar refractivity (Wildman–Crippen MR) is 126 cm³/mol. The normalized spacial score (nSPS) is 13.4. The van der Waals surface area contributed by atoms with E-state index in [1.807, 2.05) is 18.3 Å². The number of aliphatic imine (C=N–C) groups is 1. The first-order valence-electron chi connectivity index (χ1n) is 10.7. The molecule has 6 nitrogen and oxygen atoms in total. The first kappa shape index (κ1) is 18.6. The number of nitrogens with one attached hydrogen (secondary N) is 1. The number of H-pyrrole nitrogens is 1. The summed E-state index contributed by atoms with van der Waals surface area (Å²) in [7, 11) is 0. The average Bonchev–Trinajstić information content (AvgIpc) is 3.18. The van der Waals surface area contributed by atoms with Crippen LogP contribution in [0.1, 0.15) is 23.4 Å². The molecule has 0 unspecified atom stereocenters. The summed E-state index contributed by atoms with van der Waals surface area (Å²) in [6, 6.07) is 16.7. The number of rotatable bonds is 3. The van der Waals surface area contributed by atoms with Gasteiger partial charge in [-0.3, -0.25) is 9.98 Å². The Hall–Kier alpha value is -4.19. The first-order valence-corrected chi connectivity index (χ1v) is 10.7. The summed E-state index contributed by atoms with van der Waals surface area (Å²) in [6.07, 6.45) is 10.8. The fourth-order valence-corrected chi connectivity index (χ4v) is 4.29. The molecule has 0 bridgehead atoms. The number of hydrogen-bond acceptors (Lipinski definition) is 5. The van der Waals surface area contributed by atoms with Crippen molar-refractivity contribution in [3.63, 3.8) is 0 Å². The molecule has 0 radical (unpaired) electrons. The summed E-state index contributed by atoms with van der Waals surface area (Å²) >= 11 is 0. The topological polar surface area (TPSA) is 79.7 Å². The van der Waals surface area contributed by atoms with E-state index in [-0.39, 0.29) is 0 Å². The number of benzene rings is 1. The van der Waals surface area contributed by atoms with Crippen LogP contribution in [0.15, 0.2) is 84.6 Å². The highest BCUT2D eigenvalue weighted by atomic mass is 14.9. The van der Waals surface area contributed by atoms with E-state index in [4.69, 9.17) is 9.98 Å². The third-order valence-corrected chi connectivity index (χ3v) is 5.83. The fourth-order valence-electron chi connectivity index (χ4n) is 4.29. The van der Waals surface area contributed by atoms with Crippen molar-refractivity contribution in [3.8, 4) is 22.4 Å². The highest BCUT2D eigenvalue weighted by molar-refractivity contribution is 6.14. The minimum Gasteiger partial charge on any atom is -0.353 e. The number of aryl methyl sites for hydroxylation is 1. The van der Waals surface area contributed by atoms with Gasteiger partial charge in [0, 0.05) is 53.4 Å². The van der Waals surface area contributed by atoms with Crippen LogP contribution in [0.2, 0.25) is 0 Å². The molecule has 6 heteroatoms. The minimum absolute atomic E-state index is 0.778. The van der Waals surface area contributed by atoms with Crippen LogP contribution in [0, 0.1) is 0 Å². The molecule has 1 aromatic carbocycles. The summed E-state index contributed by atoms with van der Waals surface area (Å²) in [5, 5.41) is 1.15. The molecule has 1 aliphatic rings. The van der Waals surface area contributed by atoms with E-state index < -0.39 is 0 Å². The average molecular weight is 416 g/mol. The monoisotopic (exact) mass is 416 g/mol. The van der Waals surface area contributed by atoms with E-state index in [0.29, 0.717) is 0 Å². The molecule has 0 aliphatic carbocycles. The van der Waals surface area contributed by atoms with Crippen LogP contribution in [-0.2, 0) is 6.42 Å². The van der Waals surface area contributed by atoms with Crippen LogP contribution in [0.5, 0.6) is 0 Å². The van der Waals surface area contributed by atoms with Gasteiger partial charge in [-0.2, -0.15) is 0 Å². The summed E-state index contributed by atoms with van der Waals surface area (Å²) in [4.78, 5) is 26.1. The van der Waals surface area contributed by atoms with Crippen molar-refractivity contribution in [2.75, 3.05) is 6.54 Å². The van der Waals surface area contributed by atoms with Crippen molar-refractivity contribution in [1.29, 1.82) is 0 Å². The van der Waals surface area contributed by atoms with E-state index in [2.05, 4.69) is 56.3 Å². The Kier molecular flexibility index (Phi) is 4.53. The van der Waals surface area contributed by atoms with Gasteiger partial charge in [-0.1, -0.05) is 24.3 Å². The Bertz CT molecular complexity index is 1440. The van der Waals surface area contributed by atoms with Crippen molar-refractivity contribution >= 4 is 16.6 Å². The second-order valence-electron chi connectivity index (χ2n) is 7.86. The highest BCUT2D eigenvalue weighted by Crippen LogP contribution is 2.30. The lowest BCUT2D eigenvalue weighted by Gasteiger charge is -2.10. The van der Waals surface area contributed by atoms with Crippen molar-refractivity contribution in [2.45, 2.75) is 12.8 Å². The van der Waals surface area contributed by atoms with E-state index >= 15 is 0 Å². The van der Waals surface area contributed by atoms with E-state index in [1.165, 1.54) is 11.9 Å². The molecule has 0 saturated heterocycles. The summed E-state index contributed by atoms with van der Waals surface area (Å²) in [5.74, 6) is 0. The highest BCUT2D eigenvalue weighted by Gasteiger charge is 2.20. The van der Waals surface area contributed by atoms with Crippen LogP contribution in [0.4, 0.5) is 0 Å². The Labute approximate surface area is 185 Å². The number of pyridine rings is 2. The van der Waals surface area contributed by atoms with Gasteiger partial charge in [0.2, 0.25) is 0 Å². The van der Waals surface area contributed by atoms with Crippen molar-refractivity contribution in [3.05, 3.63) is 96.6 Å². The quantitative estimate of drug-likeness (QED) is 0.455. The molecule has 5 heterocycles. The largest absolute Gasteiger partial charge is 0.353 e. The molecular formula is C26H20N6. The summed E-state index contributed by atoms with van der Waals surface area (Å²) in [5.41, 5.74) is 9.10. The zero-order valence-electron chi connectivity index (χ0n) is 17.4. The fraction of sp³-hybridized carbons (Fsp3) is 0.115. The van der Waals surface area contributed by atoms with Gasteiger partial charge in [-0.15, -0.1) is 0 Å². The molecule has 154 valence electrons. The number of aromatic amines is 1. The van der Waals surface area contributed by atoms with Crippen LogP contribution in [-0.4, -0.2) is 37.2 Å². The standard InChI is InChI=1S/C26H20N6/c1-6-20(18-5-2-10-27-13-18)21-12-24(31-23(21)7-1)26-25-17(4-3-11-30-26)8-9-22(32-25)19-14-28-16-29-15-19/h1-2,5-10,12-16,31H,3-4,11H2. The van der Waals surface area contributed by atoms with Crippen LogP contribution in [0.25, 0.3) is 33.3 Å². The Morgan fingerprint density at radius 1 is 0.844 bits per heavy atom. The van der Waals surface area contributed by atoms with E-state index in [0.717, 1.165) is 69.8 Å².